The normalized spacial score (nSPS) is 12.0. The van der Waals surface area contributed by atoms with Crippen LogP contribution in [0.25, 0.3) is 39.0 Å². The van der Waals surface area contributed by atoms with E-state index in [1.54, 1.807) is 36.4 Å². The topological polar surface area (TPSA) is 92.2 Å². The van der Waals surface area contributed by atoms with Crippen LogP contribution in [0.4, 0.5) is 11.4 Å². The lowest BCUT2D eigenvalue weighted by molar-refractivity contribution is -0.115. The highest BCUT2D eigenvalue weighted by Crippen LogP contribution is 2.32. The Bertz CT molecular complexity index is 2460. The Morgan fingerprint density at radius 3 is 2.08 bits per heavy atom. The number of hydrogen-bond acceptors (Lipinski definition) is 4. The van der Waals surface area contributed by atoms with Crippen molar-refractivity contribution >= 4 is 68.7 Å². The summed E-state index contributed by atoms with van der Waals surface area (Å²) in [6.45, 7) is 4.84. The smallest absolute Gasteiger partial charge is 0.272 e. The van der Waals surface area contributed by atoms with E-state index in [4.69, 9.17) is 0 Å². The highest BCUT2D eigenvalue weighted by atomic mass is 32.2. The van der Waals surface area contributed by atoms with E-state index >= 15 is 0 Å². The standard InChI is InChI=1S/C45H38N4O3S/c1-3-49-41-20-11-10-19-38(41)39-29-36(25-26-42(39)49)46-43(50)30(2)53-37-18-12-17-35(28-37)47-45(52)40(48-44(51)34-15-8-5-9-16-34)27-31-21-23-33(24-22-31)32-13-6-4-7-14-32/h4-30H,3H2,1-2H3,(H,46,50)(H,47,52)(H,48,51)/b40-27+. The molecule has 0 aliphatic rings. The molecule has 3 amide bonds. The fraction of sp³-hybridized carbons (Fsp3) is 0.0889. The fourth-order valence-corrected chi connectivity index (χ4v) is 7.26. The third kappa shape index (κ3) is 8.08. The zero-order chi connectivity index (χ0) is 36.7. The minimum atomic E-state index is -0.478. The number of rotatable bonds is 11. The van der Waals surface area contributed by atoms with Crippen molar-refractivity contribution in [2.45, 2.75) is 30.5 Å². The predicted octanol–water partition coefficient (Wildman–Crippen LogP) is 10.0. The first kappa shape index (κ1) is 35.0. The number of anilines is 2. The monoisotopic (exact) mass is 714 g/mol. The van der Waals surface area contributed by atoms with Crippen molar-refractivity contribution in [1.29, 1.82) is 0 Å². The Kier molecular flexibility index (Phi) is 10.5. The number of nitrogens with zero attached hydrogens (tertiary/aromatic N) is 1. The van der Waals surface area contributed by atoms with Crippen molar-refractivity contribution in [3.8, 4) is 11.1 Å². The summed E-state index contributed by atoms with van der Waals surface area (Å²) in [6.07, 6.45) is 1.66. The van der Waals surface area contributed by atoms with Crippen molar-refractivity contribution in [3.05, 3.63) is 168 Å². The number of aryl methyl sites for hydroxylation is 1. The summed E-state index contributed by atoms with van der Waals surface area (Å²) in [5, 5.41) is 10.7. The SMILES string of the molecule is CCn1c2ccccc2c2cc(NC(=O)C(C)Sc3cccc(NC(=O)/C(=C\c4ccc(-c5ccccc5)cc4)NC(=O)c4ccccc4)c3)ccc21. The van der Waals surface area contributed by atoms with Gasteiger partial charge in [-0.3, -0.25) is 14.4 Å². The molecule has 0 saturated carbocycles. The highest BCUT2D eigenvalue weighted by Gasteiger charge is 2.18. The van der Waals surface area contributed by atoms with Crippen LogP contribution in [0.15, 0.2) is 162 Å². The Morgan fingerprint density at radius 2 is 1.32 bits per heavy atom. The summed E-state index contributed by atoms with van der Waals surface area (Å²) in [6, 6.07) is 48.3. The van der Waals surface area contributed by atoms with Gasteiger partial charge in [0.25, 0.3) is 11.8 Å². The van der Waals surface area contributed by atoms with Crippen molar-refractivity contribution < 1.29 is 14.4 Å². The maximum Gasteiger partial charge on any atom is 0.272 e. The third-order valence-electron chi connectivity index (χ3n) is 8.99. The molecule has 0 aliphatic carbocycles. The van der Waals surface area contributed by atoms with Crippen LogP contribution in [0.3, 0.4) is 0 Å². The van der Waals surface area contributed by atoms with Gasteiger partial charge >= 0.3 is 0 Å². The summed E-state index contributed by atoms with van der Waals surface area (Å²) in [5.74, 6) is -1.00. The largest absolute Gasteiger partial charge is 0.341 e. The number of thioether (sulfide) groups is 1. The first-order valence-corrected chi connectivity index (χ1v) is 18.4. The van der Waals surface area contributed by atoms with Crippen LogP contribution in [0.2, 0.25) is 0 Å². The first-order valence-electron chi connectivity index (χ1n) is 17.5. The molecule has 53 heavy (non-hydrogen) atoms. The Morgan fingerprint density at radius 1 is 0.660 bits per heavy atom. The van der Waals surface area contributed by atoms with E-state index < -0.39 is 17.1 Å². The Hall–Kier alpha value is -6.38. The van der Waals surface area contributed by atoms with Crippen LogP contribution < -0.4 is 16.0 Å². The molecule has 0 spiro atoms. The average Bonchev–Trinajstić information content (AvgIpc) is 3.51. The molecule has 1 heterocycles. The number of fused-ring (bicyclic) bond motifs is 3. The van der Waals surface area contributed by atoms with Crippen LogP contribution in [0, 0.1) is 0 Å². The Labute approximate surface area is 312 Å². The second kappa shape index (κ2) is 15.9. The number of para-hydroxylation sites is 1. The molecule has 0 fully saturated rings. The zero-order valence-corrected chi connectivity index (χ0v) is 30.2. The van der Waals surface area contributed by atoms with Gasteiger partial charge in [-0.1, -0.05) is 97.1 Å². The summed E-state index contributed by atoms with van der Waals surface area (Å²) in [7, 11) is 0. The molecule has 1 unspecified atom stereocenters. The van der Waals surface area contributed by atoms with Gasteiger partial charge in [-0.15, -0.1) is 11.8 Å². The van der Waals surface area contributed by atoms with Gasteiger partial charge in [-0.2, -0.15) is 0 Å². The van der Waals surface area contributed by atoms with Gasteiger partial charge in [0, 0.05) is 50.2 Å². The maximum absolute atomic E-state index is 13.7. The van der Waals surface area contributed by atoms with Gasteiger partial charge in [-0.25, -0.2) is 0 Å². The molecular formula is C45H38N4O3S. The molecule has 0 saturated heterocycles. The van der Waals surface area contributed by atoms with E-state index in [9.17, 15) is 14.4 Å². The molecule has 1 aromatic heterocycles. The predicted molar refractivity (Wildman–Crippen MR) is 218 cm³/mol. The van der Waals surface area contributed by atoms with Gasteiger partial charge in [0.05, 0.1) is 5.25 Å². The van der Waals surface area contributed by atoms with Crippen LogP contribution in [-0.2, 0) is 16.1 Å². The molecule has 0 bridgehead atoms. The lowest BCUT2D eigenvalue weighted by Crippen LogP contribution is -2.30. The lowest BCUT2D eigenvalue weighted by atomic mass is 10.0. The summed E-state index contributed by atoms with van der Waals surface area (Å²) < 4.78 is 2.28. The molecule has 7 nitrogen and oxygen atoms in total. The van der Waals surface area contributed by atoms with E-state index in [2.05, 4.69) is 45.6 Å². The third-order valence-corrected chi connectivity index (χ3v) is 10.1. The summed E-state index contributed by atoms with van der Waals surface area (Å²) in [4.78, 5) is 41.1. The number of aromatic nitrogens is 1. The van der Waals surface area contributed by atoms with Crippen LogP contribution in [0.5, 0.6) is 0 Å². The van der Waals surface area contributed by atoms with Gasteiger partial charge in [0.15, 0.2) is 0 Å². The molecule has 0 radical (unpaired) electrons. The second-order valence-electron chi connectivity index (χ2n) is 12.6. The van der Waals surface area contributed by atoms with Crippen molar-refractivity contribution in [2.75, 3.05) is 10.6 Å². The van der Waals surface area contributed by atoms with Gasteiger partial charge in [-0.05, 0) is 91.2 Å². The van der Waals surface area contributed by atoms with Gasteiger partial charge in [0.1, 0.15) is 5.70 Å². The van der Waals surface area contributed by atoms with Crippen LogP contribution in [-0.4, -0.2) is 27.5 Å². The minimum absolute atomic E-state index is 0.0937. The number of benzene rings is 6. The number of hydrogen-bond donors (Lipinski definition) is 3. The van der Waals surface area contributed by atoms with E-state index in [0.717, 1.165) is 50.1 Å². The Balaban J connectivity index is 1.05. The van der Waals surface area contributed by atoms with Crippen LogP contribution >= 0.6 is 11.8 Å². The molecule has 1 atom stereocenters. The van der Waals surface area contributed by atoms with Gasteiger partial charge in [0.2, 0.25) is 5.91 Å². The van der Waals surface area contributed by atoms with E-state index in [0.29, 0.717) is 11.3 Å². The lowest BCUT2D eigenvalue weighted by Gasteiger charge is -2.14. The first-order chi connectivity index (χ1) is 25.9. The molecule has 6 aromatic carbocycles. The molecule has 262 valence electrons. The van der Waals surface area contributed by atoms with Crippen molar-refractivity contribution in [2.24, 2.45) is 0 Å². The highest BCUT2D eigenvalue weighted by molar-refractivity contribution is 8.00. The number of carbonyl (C=O) groups is 3. The molecule has 7 rings (SSSR count). The summed E-state index contributed by atoms with van der Waals surface area (Å²) >= 11 is 1.39. The fourth-order valence-electron chi connectivity index (χ4n) is 6.33. The zero-order valence-electron chi connectivity index (χ0n) is 29.4. The molecular weight excluding hydrogens is 677 g/mol. The molecule has 3 N–H and O–H groups in total. The van der Waals surface area contributed by atoms with Crippen molar-refractivity contribution in [1.82, 2.24) is 9.88 Å². The van der Waals surface area contributed by atoms with Crippen LogP contribution in [0.1, 0.15) is 29.8 Å². The molecule has 0 aliphatic heterocycles. The number of amides is 3. The second-order valence-corrected chi connectivity index (χ2v) is 14.0. The molecule has 8 heteroatoms. The quantitative estimate of drug-likeness (QED) is 0.0919. The van der Waals surface area contributed by atoms with E-state index in [1.807, 2.05) is 110 Å². The van der Waals surface area contributed by atoms with Crippen molar-refractivity contribution in [3.63, 3.8) is 0 Å². The number of nitrogens with one attached hydrogen (secondary N) is 3. The van der Waals surface area contributed by atoms with E-state index in [1.165, 1.54) is 17.3 Å². The molecule has 7 aromatic rings. The average molecular weight is 715 g/mol. The number of carbonyl (C=O) groups excluding carboxylic acids is 3. The maximum atomic E-state index is 13.7. The summed E-state index contributed by atoms with van der Waals surface area (Å²) in [5.41, 5.74) is 6.98. The minimum Gasteiger partial charge on any atom is -0.341 e. The van der Waals surface area contributed by atoms with Gasteiger partial charge < -0.3 is 20.5 Å². The van der Waals surface area contributed by atoms with E-state index in [-0.39, 0.29) is 11.6 Å².